The molecule has 0 unspecified atom stereocenters. The highest BCUT2D eigenvalue weighted by Gasteiger charge is 2.07. The maximum atomic E-state index is 11.2. The van der Waals surface area contributed by atoms with Gasteiger partial charge in [0.2, 0.25) is 0 Å². The lowest BCUT2D eigenvalue weighted by Gasteiger charge is -2.07. The third-order valence-electron chi connectivity index (χ3n) is 1.74. The highest BCUT2D eigenvalue weighted by atomic mass is 16.5. The molecule has 0 heterocycles. The largest absolute Gasteiger partial charge is 0.496 e. The average molecular weight is 167 g/mol. The molecule has 0 fully saturated rings. The molecule has 1 aromatic carbocycles. The van der Waals surface area contributed by atoms with Crippen LogP contribution < -0.4 is 9.47 Å². The molecule has 0 bridgehead atoms. The molecule has 0 aliphatic carbocycles. The lowest BCUT2D eigenvalue weighted by atomic mass is 10.2. The van der Waals surface area contributed by atoms with Crippen LogP contribution in [0.15, 0.2) is 12.1 Å². The van der Waals surface area contributed by atoms with E-state index in [1.807, 2.05) is 0 Å². The van der Waals surface area contributed by atoms with Crippen molar-refractivity contribution in [1.82, 2.24) is 0 Å². The Kier molecular flexibility index (Phi) is 2.43. The molecular weight excluding hydrogens is 156 g/mol. The van der Waals surface area contributed by atoms with Gasteiger partial charge in [-0.15, -0.1) is 0 Å². The molecule has 65 valence electrons. The summed E-state index contributed by atoms with van der Waals surface area (Å²) in [7, 11) is 3.05. The van der Waals surface area contributed by atoms with E-state index >= 15 is 0 Å². The minimum Gasteiger partial charge on any atom is -0.496 e. The molecule has 1 radical (unpaired) electrons. The smallest absolute Gasteiger partial charge is 0.188 e. The van der Waals surface area contributed by atoms with Crippen LogP contribution in [0.4, 0.5) is 0 Å². The number of benzene rings is 1. The second-order valence-electron chi connectivity index (χ2n) is 2.45. The number of hydrogen-bond acceptors (Lipinski definition) is 2. The lowest BCUT2D eigenvalue weighted by Crippen LogP contribution is -1.89. The van der Waals surface area contributed by atoms with Crippen molar-refractivity contribution in [3.8, 4) is 17.2 Å². The first-order valence-corrected chi connectivity index (χ1v) is 3.58. The van der Waals surface area contributed by atoms with Crippen molar-refractivity contribution in [2.75, 3.05) is 14.2 Å². The van der Waals surface area contributed by atoms with Crippen LogP contribution in [0.5, 0.6) is 17.2 Å². The van der Waals surface area contributed by atoms with Gasteiger partial charge in [-0.25, -0.2) is 0 Å². The molecule has 0 saturated heterocycles. The van der Waals surface area contributed by atoms with Crippen LogP contribution in [0.1, 0.15) is 5.56 Å². The summed E-state index contributed by atoms with van der Waals surface area (Å²) < 4.78 is 9.90. The van der Waals surface area contributed by atoms with Gasteiger partial charge in [0.25, 0.3) is 0 Å². The Bertz CT molecular complexity index is 281. The fraction of sp³-hybridized carbons (Fsp3) is 0.333. The van der Waals surface area contributed by atoms with E-state index in [2.05, 4.69) is 0 Å². The summed E-state index contributed by atoms with van der Waals surface area (Å²) in [5.41, 5.74) is 0.610. The first kappa shape index (κ1) is 8.71. The summed E-state index contributed by atoms with van der Waals surface area (Å²) >= 11 is 0. The topological polar surface area (TPSA) is 38.4 Å². The van der Waals surface area contributed by atoms with E-state index < -0.39 is 0 Å². The molecule has 0 amide bonds. The standard InChI is InChI=1S/C9H11O3/c1-6-8(10)4-7(11-2)5-9(6)12-3/h4-5H,1-3H3. The maximum Gasteiger partial charge on any atom is 0.188 e. The third kappa shape index (κ3) is 1.44. The van der Waals surface area contributed by atoms with Crippen LogP contribution in [0.2, 0.25) is 0 Å². The Morgan fingerprint density at radius 3 is 2.33 bits per heavy atom. The monoisotopic (exact) mass is 167 g/mol. The van der Waals surface area contributed by atoms with Crippen LogP contribution in [-0.2, 0) is 5.11 Å². The van der Waals surface area contributed by atoms with Gasteiger partial charge in [0.15, 0.2) is 5.75 Å². The number of rotatable bonds is 2. The van der Waals surface area contributed by atoms with Gasteiger partial charge in [-0.1, -0.05) is 0 Å². The quantitative estimate of drug-likeness (QED) is 0.676. The van der Waals surface area contributed by atoms with E-state index in [-0.39, 0.29) is 5.75 Å². The van der Waals surface area contributed by atoms with Crippen LogP contribution in [0.3, 0.4) is 0 Å². The van der Waals surface area contributed by atoms with Crippen LogP contribution in [0.25, 0.3) is 0 Å². The van der Waals surface area contributed by atoms with Gasteiger partial charge in [0, 0.05) is 17.7 Å². The van der Waals surface area contributed by atoms with Crippen molar-refractivity contribution in [1.29, 1.82) is 0 Å². The Hall–Kier alpha value is -1.38. The Morgan fingerprint density at radius 1 is 1.17 bits per heavy atom. The van der Waals surface area contributed by atoms with Gasteiger partial charge in [0.1, 0.15) is 11.5 Å². The van der Waals surface area contributed by atoms with Gasteiger partial charge in [-0.05, 0) is 6.92 Å². The SMILES string of the molecule is COc1cc([O])c(C)c(OC)c1. The summed E-state index contributed by atoms with van der Waals surface area (Å²) in [6.07, 6.45) is 0. The third-order valence-corrected chi connectivity index (χ3v) is 1.74. The maximum absolute atomic E-state index is 11.2. The van der Waals surface area contributed by atoms with E-state index in [0.29, 0.717) is 17.1 Å². The number of methoxy groups -OCH3 is 2. The first-order chi connectivity index (χ1) is 5.69. The minimum atomic E-state index is -0.0637. The fourth-order valence-corrected chi connectivity index (χ4v) is 0.968. The van der Waals surface area contributed by atoms with Crippen LogP contribution >= 0.6 is 0 Å². The Labute approximate surface area is 71.5 Å². The number of ether oxygens (including phenoxy) is 2. The predicted molar refractivity (Wildman–Crippen MR) is 44.4 cm³/mol. The van der Waals surface area contributed by atoms with Gasteiger partial charge in [-0.2, -0.15) is 0 Å². The van der Waals surface area contributed by atoms with Crippen LogP contribution in [-0.4, -0.2) is 14.2 Å². The second kappa shape index (κ2) is 3.34. The van der Waals surface area contributed by atoms with Crippen molar-refractivity contribution >= 4 is 0 Å². The highest BCUT2D eigenvalue weighted by Crippen LogP contribution is 2.32. The van der Waals surface area contributed by atoms with E-state index in [0.717, 1.165) is 0 Å². The van der Waals surface area contributed by atoms with Gasteiger partial charge >= 0.3 is 0 Å². The van der Waals surface area contributed by atoms with Crippen molar-refractivity contribution < 1.29 is 14.6 Å². The molecule has 0 spiro atoms. The van der Waals surface area contributed by atoms with Crippen LogP contribution in [0, 0.1) is 6.92 Å². The van der Waals surface area contributed by atoms with Crippen molar-refractivity contribution in [3.63, 3.8) is 0 Å². The fourth-order valence-electron chi connectivity index (χ4n) is 0.968. The Balaban J connectivity index is 3.19. The molecule has 12 heavy (non-hydrogen) atoms. The summed E-state index contributed by atoms with van der Waals surface area (Å²) in [5, 5.41) is 11.2. The first-order valence-electron chi connectivity index (χ1n) is 3.58. The highest BCUT2D eigenvalue weighted by molar-refractivity contribution is 5.48. The average Bonchev–Trinajstić information content (AvgIpc) is 2.09. The normalized spacial score (nSPS) is 9.58. The van der Waals surface area contributed by atoms with E-state index in [1.54, 1.807) is 13.0 Å². The summed E-state index contributed by atoms with van der Waals surface area (Å²) in [6.45, 7) is 1.72. The van der Waals surface area contributed by atoms with Crippen molar-refractivity contribution in [3.05, 3.63) is 17.7 Å². The van der Waals surface area contributed by atoms with Gasteiger partial charge < -0.3 is 9.47 Å². The molecule has 0 aromatic heterocycles. The zero-order valence-electron chi connectivity index (χ0n) is 7.38. The van der Waals surface area contributed by atoms with Crippen molar-refractivity contribution in [2.24, 2.45) is 0 Å². The molecule has 0 N–H and O–H groups in total. The van der Waals surface area contributed by atoms with E-state index in [4.69, 9.17) is 9.47 Å². The molecule has 1 rings (SSSR count). The predicted octanol–water partition coefficient (Wildman–Crippen LogP) is 2.16. The van der Waals surface area contributed by atoms with Crippen molar-refractivity contribution in [2.45, 2.75) is 6.92 Å². The number of hydrogen-bond donors (Lipinski definition) is 0. The molecule has 0 aliphatic heterocycles. The van der Waals surface area contributed by atoms with E-state index in [9.17, 15) is 5.11 Å². The molecule has 1 aromatic rings. The van der Waals surface area contributed by atoms with Gasteiger partial charge in [0.05, 0.1) is 14.2 Å². The lowest BCUT2D eigenvalue weighted by molar-refractivity contribution is 0.336. The molecule has 3 heteroatoms. The molecule has 0 aliphatic rings. The summed E-state index contributed by atoms with van der Waals surface area (Å²) in [4.78, 5) is 0. The second-order valence-corrected chi connectivity index (χ2v) is 2.45. The summed E-state index contributed by atoms with van der Waals surface area (Å²) in [5.74, 6) is 1.04. The summed E-state index contributed by atoms with van der Waals surface area (Å²) in [6, 6.07) is 3.13. The Morgan fingerprint density at radius 2 is 1.83 bits per heavy atom. The zero-order valence-corrected chi connectivity index (χ0v) is 7.38. The molecule has 0 saturated carbocycles. The molecule has 3 nitrogen and oxygen atoms in total. The van der Waals surface area contributed by atoms with E-state index in [1.165, 1.54) is 20.3 Å². The minimum absolute atomic E-state index is 0.0637. The molecule has 0 atom stereocenters. The molecular formula is C9H11O3. The zero-order chi connectivity index (χ0) is 9.14. The van der Waals surface area contributed by atoms with Gasteiger partial charge in [-0.3, -0.25) is 5.11 Å².